The van der Waals surface area contributed by atoms with Crippen molar-refractivity contribution in [2.75, 3.05) is 92.5 Å². The van der Waals surface area contributed by atoms with E-state index >= 15 is 0 Å². The lowest BCUT2D eigenvalue weighted by Gasteiger charge is -2.07. The molecular weight excluding hydrogens is 404 g/mol. The molecule has 2 N–H and O–H groups in total. The molecule has 0 aromatic rings. The van der Waals surface area contributed by atoms with Crippen LogP contribution in [0.1, 0.15) is 58.8 Å². The van der Waals surface area contributed by atoms with Crippen LogP contribution in [0.5, 0.6) is 0 Å². The van der Waals surface area contributed by atoms with E-state index in [9.17, 15) is 0 Å². The fraction of sp³-hybridized carbons (Fsp3) is 1.00. The van der Waals surface area contributed by atoms with E-state index in [4.69, 9.17) is 38.6 Å². The van der Waals surface area contributed by atoms with Crippen LogP contribution < -0.4 is 0 Å². The van der Waals surface area contributed by atoms with Crippen molar-refractivity contribution in [3.05, 3.63) is 0 Å². The third-order valence-corrected chi connectivity index (χ3v) is 3.99. The van der Waals surface area contributed by atoms with Crippen molar-refractivity contribution in [2.45, 2.75) is 58.8 Å². The predicted octanol–water partition coefficient (Wildman–Crippen LogP) is 2.83. The predicted molar refractivity (Wildman–Crippen MR) is 123 cm³/mol. The molecule has 0 unspecified atom stereocenters. The molecule has 0 amide bonds. The highest BCUT2D eigenvalue weighted by atomic mass is 16.6. The van der Waals surface area contributed by atoms with Gasteiger partial charge in [-0.2, -0.15) is 0 Å². The Hall–Kier alpha value is -0.320. The molecule has 0 aliphatic heterocycles. The van der Waals surface area contributed by atoms with E-state index < -0.39 is 0 Å². The van der Waals surface area contributed by atoms with Crippen molar-refractivity contribution in [3.63, 3.8) is 0 Å². The molecule has 0 bridgehead atoms. The number of hydrogen-bond acceptors (Lipinski definition) is 8. The van der Waals surface area contributed by atoms with Crippen LogP contribution in [-0.2, 0) is 28.4 Å². The zero-order chi connectivity index (χ0) is 23.1. The van der Waals surface area contributed by atoms with Crippen molar-refractivity contribution in [3.8, 4) is 0 Å². The average molecular weight is 455 g/mol. The molecule has 0 spiro atoms. The third kappa shape index (κ3) is 37.3. The van der Waals surface area contributed by atoms with Gasteiger partial charge in [-0.05, 0) is 12.8 Å². The van der Waals surface area contributed by atoms with Crippen molar-refractivity contribution >= 4 is 0 Å². The first-order valence-electron chi connectivity index (χ1n) is 12.0. The standard InChI is InChI=1S/C12H26O7.C11H24O/c13-1-3-15-5-7-17-9-11-19-12-10-18-8-6-16-4-2-14;1-3-5-7-8-9-11-12-10-6-4-2/h13-14H,1-12H2;3-11H2,1-2H3. The molecule has 0 saturated heterocycles. The van der Waals surface area contributed by atoms with Gasteiger partial charge in [-0.15, -0.1) is 0 Å². The smallest absolute Gasteiger partial charge is 0.0701 e. The summed E-state index contributed by atoms with van der Waals surface area (Å²) in [6.07, 6.45) is 9.16. The molecule has 8 heteroatoms. The maximum absolute atomic E-state index is 8.45. The Morgan fingerprint density at radius 1 is 0.355 bits per heavy atom. The fourth-order valence-corrected chi connectivity index (χ4v) is 2.27. The van der Waals surface area contributed by atoms with Gasteiger partial charge in [0.2, 0.25) is 0 Å². The molecule has 0 atom stereocenters. The van der Waals surface area contributed by atoms with E-state index in [2.05, 4.69) is 13.8 Å². The van der Waals surface area contributed by atoms with Crippen molar-refractivity contribution in [2.24, 2.45) is 0 Å². The van der Waals surface area contributed by atoms with E-state index in [1.165, 1.54) is 44.9 Å². The summed E-state index contributed by atoms with van der Waals surface area (Å²) >= 11 is 0. The third-order valence-electron chi connectivity index (χ3n) is 3.99. The van der Waals surface area contributed by atoms with Gasteiger partial charge < -0.3 is 38.6 Å². The van der Waals surface area contributed by atoms with Gasteiger partial charge in [-0.25, -0.2) is 0 Å². The highest BCUT2D eigenvalue weighted by Crippen LogP contribution is 2.02. The van der Waals surface area contributed by atoms with Gasteiger partial charge in [0.25, 0.3) is 0 Å². The van der Waals surface area contributed by atoms with Gasteiger partial charge in [-0.1, -0.05) is 46.0 Å². The van der Waals surface area contributed by atoms with Crippen molar-refractivity contribution in [1.82, 2.24) is 0 Å². The molecule has 0 aromatic carbocycles. The molecular formula is C23H50O8. The Morgan fingerprint density at radius 3 is 1.06 bits per heavy atom. The molecule has 0 radical (unpaired) electrons. The molecule has 0 heterocycles. The zero-order valence-electron chi connectivity index (χ0n) is 20.2. The van der Waals surface area contributed by atoms with Crippen LogP contribution in [-0.4, -0.2) is 103 Å². The van der Waals surface area contributed by atoms with Crippen LogP contribution >= 0.6 is 0 Å². The van der Waals surface area contributed by atoms with Crippen LogP contribution in [0, 0.1) is 0 Å². The molecule has 31 heavy (non-hydrogen) atoms. The number of rotatable bonds is 25. The molecule has 0 rings (SSSR count). The maximum Gasteiger partial charge on any atom is 0.0701 e. The summed E-state index contributed by atoms with van der Waals surface area (Å²) in [4.78, 5) is 0. The minimum absolute atomic E-state index is 0.0359. The second-order valence-corrected chi connectivity index (χ2v) is 6.89. The first-order valence-corrected chi connectivity index (χ1v) is 12.0. The van der Waals surface area contributed by atoms with E-state index in [1.807, 2.05) is 0 Å². The Kier molecular flexibility index (Phi) is 36.4. The molecule has 0 aliphatic carbocycles. The lowest BCUT2D eigenvalue weighted by molar-refractivity contribution is -0.0151. The van der Waals surface area contributed by atoms with Gasteiger partial charge in [0.05, 0.1) is 79.3 Å². The minimum atomic E-state index is 0.0359. The van der Waals surface area contributed by atoms with E-state index in [0.717, 1.165) is 13.2 Å². The lowest BCUT2D eigenvalue weighted by atomic mass is 10.2. The molecule has 8 nitrogen and oxygen atoms in total. The zero-order valence-corrected chi connectivity index (χ0v) is 20.2. The van der Waals surface area contributed by atoms with Gasteiger partial charge in [-0.3, -0.25) is 0 Å². The van der Waals surface area contributed by atoms with E-state index in [0.29, 0.717) is 66.1 Å². The number of hydrogen-bond donors (Lipinski definition) is 2. The maximum atomic E-state index is 8.45. The van der Waals surface area contributed by atoms with Gasteiger partial charge in [0, 0.05) is 13.2 Å². The summed E-state index contributed by atoms with van der Waals surface area (Å²) in [7, 11) is 0. The van der Waals surface area contributed by atoms with Crippen molar-refractivity contribution < 1.29 is 38.6 Å². The van der Waals surface area contributed by atoms with Crippen LogP contribution in [0.2, 0.25) is 0 Å². The normalized spacial score (nSPS) is 10.8. The fourth-order valence-electron chi connectivity index (χ4n) is 2.27. The Morgan fingerprint density at radius 2 is 0.677 bits per heavy atom. The SMILES string of the molecule is CCCCCCCOCCCC.OCCOCCOCCOCCOCCOCCO. The monoisotopic (exact) mass is 454 g/mol. The molecule has 0 aliphatic rings. The summed E-state index contributed by atoms with van der Waals surface area (Å²) < 4.78 is 31.2. The topological polar surface area (TPSA) is 95.8 Å². The highest BCUT2D eigenvalue weighted by Gasteiger charge is 1.93. The number of aliphatic hydroxyl groups excluding tert-OH is 2. The van der Waals surface area contributed by atoms with Crippen LogP contribution in [0.3, 0.4) is 0 Å². The minimum Gasteiger partial charge on any atom is -0.394 e. The quantitative estimate of drug-likeness (QED) is 0.203. The van der Waals surface area contributed by atoms with Gasteiger partial charge in [0.15, 0.2) is 0 Å². The highest BCUT2D eigenvalue weighted by molar-refractivity contribution is 4.42. The van der Waals surface area contributed by atoms with E-state index in [-0.39, 0.29) is 13.2 Å². The second kappa shape index (κ2) is 34.3. The van der Waals surface area contributed by atoms with Crippen LogP contribution in [0.25, 0.3) is 0 Å². The summed E-state index contributed by atoms with van der Waals surface area (Å²) in [6.45, 7) is 11.2. The summed E-state index contributed by atoms with van der Waals surface area (Å²) in [6, 6.07) is 0. The summed E-state index contributed by atoms with van der Waals surface area (Å²) in [5.74, 6) is 0. The largest absolute Gasteiger partial charge is 0.394 e. The Bertz CT molecular complexity index is 256. The van der Waals surface area contributed by atoms with Gasteiger partial charge in [0.1, 0.15) is 0 Å². The second-order valence-electron chi connectivity index (χ2n) is 6.89. The summed E-state index contributed by atoms with van der Waals surface area (Å²) in [5, 5.41) is 16.9. The Labute approximate surface area is 190 Å². The molecule has 0 fully saturated rings. The molecule has 0 saturated carbocycles. The lowest BCUT2D eigenvalue weighted by Crippen LogP contribution is -2.14. The van der Waals surface area contributed by atoms with Crippen molar-refractivity contribution in [1.29, 1.82) is 0 Å². The number of ether oxygens (including phenoxy) is 6. The molecule has 190 valence electrons. The summed E-state index contributed by atoms with van der Waals surface area (Å²) in [5.41, 5.74) is 0. The number of unbranched alkanes of at least 4 members (excludes halogenated alkanes) is 5. The molecule has 0 aromatic heterocycles. The Balaban J connectivity index is 0. The first kappa shape index (κ1) is 32.9. The van der Waals surface area contributed by atoms with Gasteiger partial charge >= 0.3 is 0 Å². The van der Waals surface area contributed by atoms with E-state index in [1.54, 1.807) is 0 Å². The number of aliphatic hydroxyl groups is 2. The van der Waals surface area contributed by atoms with Crippen LogP contribution in [0.4, 0.5) is 0 Å². The first-order chi connectivity index (χ1) is 15.3. The van der Waals surface area contributed by atoms with Crippen LogP contribution in [0.15, 0.2) is 0 Å². The average Bonchev–Trinajstić information content (AvgIpc) is 2.79.